The molecule has 0 unspecified atom stereocenters. The second-order valence-corrected chi connectivity index (χ2v) is 5.12. The fraction of sp³-hybridized carbons (Fsp3) is 0.167. The van der Waals surface area contributed by atoms with E-state index in [0.29, 0.717) is 5.69 Å². The first-order valence-electron chi connectivity index (χ1n) is 5.01. The van der Waals surface area contributed by atoms with Gasteiger partial charge in [0.05, 0.1) is 0 Å². The minimum absolute atomic E-state index is 0.599. The zero-order valence-electron chi connectivity index (χ0n) is 9.17. The van der Waals surface area contributed by atoms with Gasteiger partial charge in [-0.3, -0.25) is 4.98 Å². The second kappa shape index (κ2) is 5.62. The van der Waals surface area contributed by atoms with Crippen molar-refractivity contribution in [1.29, 1.82) is 0 Å². The summed E-state index contributed by atoms with van der Waals surface area (Å²) in [7, 11) is 0. The van der Waals surface area contributed by atoms with Crippen LogP contribution in [-0.2, 0) is 0 Å². The molecule has 0 saturated heterocycles. The van der Waals surface area contributed by atoms with Crippen molar-refractivity contribution >= 4 is 27.7 Å². The van der Waals surface area contributed by atoms with E-state index < -0.39 is 6.10 Å². The molecule has 2 rings (SSSR count). The van der Waals surface area contributed by atoms with Gasteiger partial charge in [-0.1, -0.05) is 28.1 Å². The van der Waals surface area contributed by atoms with Crippen LogP contribution in [0.1, 0.15) is 17.4 Å². The highest BCUT2D eigenvalue weighted by Crippen LogP contribution is 2.27. The Bertz CT molecular complexity index is 504. The van der Waals surface area contributed by atoms with Crippen LogP contribution in [0.3, 0.4) is 0 Å². The summed E-state index contributed by atoms with van der Waals surface area (Å²) in [6.07, 6.45) is 4.40. The van der Waals surface area contributed by atoms with Gasteiger partial charge in [-0.2, -0.15) is 0 Å². The Balaban J connectivity index is 2.36. The van der Waals surface area contributed by atoms with Gasteiger partial charge in [0, 0.05) is 16.9 Å². The molecule has 0 saturated carbocycles. The van der Waals surface area contributed by atoms with Crippen molar-refractivity contribution in [3.8, 4) is 0 Å². The second-order valence-electron chi connectivity index (χ2n) is 3.40. The van der Waals surface area contributed by atoms with Gasteiger partial charge in [0.15, 0.2) is 0 Å². The summed E-state index contributed by atoms with van der Waals surface area (Å²) in [5.74, 6) is 0. The summed E-state index contributed by atoms with van der Waals surface area (Å²) in [4.78, 5) is 8.40. The maximum absolute atomic E-state index is 10.3. The quantitative estimate of drug-likeness (QED) is 0.885. The lowest BCUT2D eigenvalue weighted by molar-refractivity contribution is 0.211. The van der Waals surface area contributed by atoms with Gasteiger partial charge in [-0.15, -0.1) is 11.8 Å². The molecule has 0 amide bonds. The summed E-state index contributed by atoms with van der Waals surface area (Å²) in [5.41, 5.74) is 1.41. The van der Waals surface area contributed by atoms with Crippen LogP contribution < -0.4 is 0 Å². The lowest BCUT2D eigenvalue weighted by Crippen LogP contribution is -2.05. The fourth-order valence-corrected chi connectivity index (χ4v) is 2.29. The van der Waals surface area contributed by atoms with E-state index in [0.717, 1.165) is 15.1 Å². The third-order valence-electron chi connectivity index (χ3n) is 2.33. The smallest absolute Gasteiger partial charge is 0.124 e. The molecule has 1 heterocycles. The molecule has 2 aromatic rings. The first kappa shape index (κ1) is 12.5. The molecule has 0 aliphatic heterocycles. The number of aromatic nitrogens is 2. The lowest BCUT2D eigenvalue weighted by atomic mass is 10.1. The van der Waals surface area contributed by atoms with Crippen LogP contribution in [0.5, 0.6) is 0 Å². The third-order valence-corrected chi connectivity index (χ3v) is 3.56. The lowest BCUT2D eigenvalue weighted by Gasteiger charge is -2.12. The highest BCUT2D eigenvalue weighted by atomic mass is 79.9. The Morgan fingerprint density at radius 1 is 1.18 bits per heavy atom. The molecule has 3 nitrogen and oxygen atoms in total. The molecular formula is C12H11BrN2OS. The van der Waals surface area contributed by atoms with Crippen molar-refractivity contribution in [1.82, 2.24) is 9.97 Å². The Kier molecular flexibility index (Phi) is 4.15. The Labute approximate surface area is 112 Å². The molecule has 1 aromatic heterocycles. The van der Waals surface area contributed by atoms with Gasteiger partial charge in [0.1, 0.15) is 16.8 Å². The largest absolute Gasteiger partial charge is 0.382 e. The van der Waals surface area contributed by atoms with E-state index in [1.54, 1.807) is 12.4 Å². The molecule has 0 fully saturated rings. The van der Waals surface area contributed by atoms with Crippen LogP contribution in [0.2, 0.25) is 0 Å². The topological polar surface area (TPSA) is 46.0 Å². The van der Waals surface area contributed by atoms with Crippen molar-refractivity contribution in [2.75, 3.05) is 6.26 Å². The Hall–Kier alpha value is -0.910. The van der Waals surface area contributed by atoms with Crippen molar-refractivity contribution < 1.29 is 5.11 Å². The molecule has 1 aromatic carbocycles. The summed E-state index contributed by atoms with van der Waals surface area (Å²) >= 11 is 4.84. The third kappa shape index (κ3) is 2.86. The summed E-state index contributed by atoms with van der Waals surface area (Å²) in [5, 5.41) is 11.0. The predicted octanol–water partition coefficient (Wildman–Crippen LogP) is 3.04. The number of hydrogen-bond donors (Lipinski definition) is 1. The van der Waals surface area contributed by atoms with Crippen LogP contribution in [0.15, 0.2) is 46.2 Å². The normalized spacial score (nSPS) is 12.4. The number of halogens is 1. The predicted molar refractivity (Wildman–Crippen MR) is 72.0 cm³/mol. The average molecular weight is 311 g/mol. The standard InChI is InChI=1S/C12H11BrN2OS/c1-17-12-10(14-6-7-15-12)11(16)8-2-4-9(13)5-3-8/h2-7,11,16H,1H3/t11-/m1/s1. The van der Waals surface area contributed by atoms with Gasteiger partial charge in [-0.05, 0) is 24.0 Å². The van der Waals surface area contributed by atoms with Crippen molar-refractivity contribution in [3.63, 3.8) is 0 Å². The van der Waals surface area contributed by atoms with Gasteiger partial charge in [-0.25, -0.2) is 4.98 Å². The number of thioether (sulfide) groups is 1. The number of aliphatic hydroxyl groups excluding tert-OH is 1. The summed E-state index contributed by atoms with van der Waals surface area (Å²) < 4.78 is 0.984. The number of rotatable bonds is 3. The highest BCUT2D eigenvalue weighted by molar-refractivity contribution is 9.10. The van der Waals surface area contributed by atoms with E-state index in [-0.39, 0.29) is 0 Å². The molecule has 1 N–H and O–H groups in total. The molecular weight excluding hydrogens is 300 g/mol. The van der Waals surface area contributed by atoms with Gasteiger partial charge in [0.25, 0.3) is 0 Å². The van der Waals surface area contributed by atoms with Crippen LogP contribution in [0, 0.1) is 0 Å². The summed E-state index contributed by atoms with van der Waals surface area (Å²) in [6.45, 7) is 0. The van der Waals surface area contributed by atoms with Gasteiger partial charge >= 0.3 is 0 Å². The van der Waals surface area contributed by atoms with Crippen molar-refractivity contribution in [3.05, 3.63) is 52.4 Å². The number of nitrogens with zero attached hydrogens (tertiary/aromatic N) is 2. The Morgan fingerprint density at radius 3 is 2.47 bits per heavy atom. The molecule has 1 atom stereocenters. The van der Waals surface area contributed by atoms with Gasteiger partial charge < -0.3 is 5.11 Å². The van der Waals surface area contributed by atoms with E-state index in [4.69, 9.17) is 0 Å². The van der Waals surface area contributed by atoms with Crippen molar-refractivity contribution in [2.24, 2.45) is 0 Å². The average Bonchev–Trinajstić information content (AvgIpc) is 2.39. The molecule has 88 valence electrons. The van der Waals surface area contributed by atoms with Crippen LogP contribution in [0.25, 0.3) is 0 Å². The maximum Gasteiger partial charge on any atom is 0.124 e. The summed E-state index contributed by atoms with van der Waals surface area (Å²) in [6, 6.07) is 7.53. The number of aliphatic hydroxyl groups is 1. The highest BCUT2D eigenvalue weighted by Gasteiger charge is 2.16. The first-order valence-corrected chi connectivity index (χ1v) is 7.02. The minimum atomic E-state index is -0.737. The molecule has 0 aliphatic rings. The van der Waals surface area contributed by atoms with E-state index in [1.807, 2.05) is 30.5 Å². The minimum Gasteiger partial charge on any atom is -0.382 e. The zero-order valence-corrected chi connectivity index (χ0v) is 11.6. The van der Waals surface area contributed by atoms with Crippen molar-refractivity contribution in [2.45, 2.75) is 11.1 Å². The number of benzene rings is 1. The molecule has 0 radical (unpaired) electrons. The maximum atomic E-state index is 10.3. The van der Waals surface area contributed by atoms with Crippen LogP contribution in [0.4, 0.5) is 0 Å². The first-order chi connectivity index (χ1) is 8.22. The van der Waals surface area contributed by atoms with E-state index in [2.05, 4.69) is 25.9 Å². The van der Waals surface area contributed by atoms with E-state index in [1.165, 1.54) is 11.8 Å². The van der Waals surface area contributed by atoms with E-state index in [9.17, 15) is 5.11 Å². The molecule has 5 heteroatoms. The fourth-order valence-electron chi connectivity index (χ4n) is 1.48. The zero-order chi connectivity index (χ0) is 12.3. The molecule has 17 heavy (non-hydrogen) atoms. The number of hydrogen-bond acceptors (Lipinski definition) is 4. The van der Waals surface area contributed by atoms with E-state index >= 15 is 0 Å². The molecule has 0 aliphatic carbocycles. The molecule has 0 spiro atoms. The SMILES string of the molecule is CSc1nccnc1[C@H](O)c1ccc(Br)cc1. The monoisotopic (exact) mass is 310 g/mol. The van der Waals surface area contributed by atoms with Crippen LogP contribution >= 0.6 is 27.7 Å². The molecule has 0 bridgehead atoms. The van der Waals surface area contributed by atoms with Gasteiger partial charge in [0.2, 0.25) is 0 Å². The van der Waals surface area contributed by atoms with Crippen LogP contribution in [-0.4, -0.2) is 21.3 Å². The Morgan fingerprint density at radius 2 is 1.82 bits per heavy atom.